The Bertz CT molecular complexity index is 397. The molecule has 1 aliphatic rings. The fourth-order valence-electron chi connectivity index (χ4n) is 2.31. The molecular weight excluding hydrogens is 204 g/mol. The minimum atomic E-state index is 0.573. The molecule has 2 nitrogen and oxygen atoms in total. The summed E-state index contributed by atoms with van der Waals surface area (Å²) in [5.74, 6) is 0. The molecular formula is C12H18N2S. The van der Waals surface area contributed by atoms with Gasteiger partial charge in [0.1, 0.15) is 4.64 Å². The Morgan fingerprint density at radius 3 is 2.93 bits per heavy atom. The van der Waals surface area contributed by atoms with Crippen molar-refractivity contribution in [2.24, 2.45) is 0 Å². The number of piperidine rings is 1. The zero-order chi connectivity index (χ0) is 10.8. The Morgan fingerprint density at radius 2 is 2.27 bits per heavy atom. The van der Waals surface area contributed by atoms with Crippen LogP contribution in [-0.2, 0) is 0 Å². The summed E-state index contributed by atoms with van der Waals surface area (Å²) in [6.45, 7) is 3.28. The van der Waals surface area contributed by atoms with E-state index in [4.69, 9.17) is 12.2 Å². The molecule has 0 spiro atoms. The lowest BCUT2D eigenvalue weighted by atomic mass is 9.96. The highest BCUT2D eigenvalue weighted by molar-refractivity contribution is 7.71. The highest BCUT2D eigenvalue weighted by Crippen LogP contribution is 2.29. The van der Waals surface area contributed by atoms with Crippen LogP contribution in [0.15, 0.2) is 12.3 Å². The number of nitrogens with zero attached hydrogens (tertiary/aromatic N) is 1. The molecule has 1 N–H and O–H groups in total. The van der Waals surface area contributed by atoms with E-state index in [0.717, 1.165) is 4.64 Å². The van der Waals surface area contributed by atoms with E-state index in [9.17, 15) is 0 Å². The highest BCUT2D eigenvalue weighted by Gasteiger charge is 2.20. The summed E-state index contributed by atoms with van der Waals surface area (Å²) >= 11 is 5.17. The lowest BCUT2D eigenvalue weighted by Crippen LogP contribution is -2.29. The molecule has 3 heteroatoms. The molecule has 0 radical (unpaired) electrons. The first-order chi connectivity index (χ1) is 7.18. The van der Waals surface area contributed by atoms with E-state index < -0.39 is 0 Å². The van der Waals surface area contributed by atoms with Crippen molar-refractivity contribution in [3.8, 4) is 0 Å². The van der Waals surface area contributed by atoms with Crippen LogP contribution in [0.5, 0.6) is 0 Å². The van der Waals surface area contributed by atoms with Gasteiger partial charge in [0, 0.05) is 12.2 Å². The molecule has 82 valence electrons. The zero-order valence-corrected chi connectivity index (χ0v) is 10.2. The van der Waals surface area contributed by atoms with Crippen LogP contribution in [0.1, 0.15) is 36.4 Å². The molecule has 1 aromatic heterocycles. The number of rotatable bonds is 1. The molecule has 0 bridgehead atoms. The SMILES string of the molecule is Cc1cc([C@H]2CCCCN2C)c[nH]c1=S. The van der Waals surface area contributed by atoms with Gasteiger partial charge < -0.3 is 4.98 Å². The minimum absolute atomic E-state index is 0.573. The third-order valence-electron chi connectivity index (χ3n) is 3.27. The monoisotopic (exact) mass is 222 g/mol. The maximum absolute atomic E-state index is 5.17. The lowest BCUT2D eigenvalue weighted by Gasteiger charge is -2.32. The van der Waals surface area contributed by atoms with Gasteiger partial charge in [0.2, 0.25) is 0 Å². The van der Waals surface area contributed by atoms with E-state index >= 15 is 0 Å². The summed E-state index contributed by atoms with van der Waals surface area (Å²) in [6.07, 6.45) is 6.00. The third kappa shape index (κ3) is 2.29. The Kier molecular flexibility index (Phi) is 3.22. The van der Waals surface area contributed by atoms with Gasteiger partial charge >= 0.3 is 0 Å². The van der Waals surface area contributed by atoms with Crippen LogP contribution in [0.3, 0.4) is 0 Å². The first-order valence-corrected chi connectivity index (χ1v) is 5.99. The van der Waals surface area contributed by atoms with Gasteiger partial charge in [0.15, 0.2) is 0 Å². The van der Waals surface area contributed by atoms with Crippen LogP contribution in [0.2, 0.25) is 0 Å². The second-order valence-corrected chi connectivity index (χ2v) is 4.85. The van der Waals surface area contributed by atoms with Gasteiger partial charge in [-0.05, 0) is 44.5 Å². The minimum Gasteiger partial charge on any atom is -0.352 e. The largest absolute Gasteiger partial charge is 0.352 e. The van der Waals surface area contributed by atoms with Gasteiger partial charge in [-0.2, -0.15) is 0 Å². The second-order valence-electron chi connectivity index (χ2n) is 4.44. The molecule has 0 aromatic carbocycles. The summed E-state index contributed by atoms with van der Waals surface area (Å²) in [5, 5.41) is 0. The maximum atomic E-state index is 5.17. The summed E-state index contributed by atoms with van der Waals surface area (Å²) in [4.78, 5) is 5.61. The van der Waals surface area contributed by atoms with Crippen molar-refractivity contribution < 1.29 is 0 Å². The van der Waals surface area contributed by atoms with Gasteiger partial charge in [0.05, 0.1) is 0 Å². The average molecular weight is 222 g/mol. The van der Waals surface area contributed by atoms with E-state index in [1.807, 2.05) is 0 Å². The normalized spacial score (nSPS) is 22.9. The molecule has 0 amide bonds. The zero-order valence-electron chi connectivity index (χ0n) is 9.42. The lowest BCUT2D eigenvalue weighted by molar-refractivity contribution is 0.187. The van der Waals surface area contributed by atoms with Gasteiger partial charge in [0.25, 0.3) is 0 Å². The highest BCUT2D eigenvalue weighted by atomic mass is 32.1. The van der Waals surface area contributed by atoms with Gasteiger partial charge in [-0.25, -0.2) is 0 Å². The molecule has 1 fully saturated rings. The summed E-state index contributed by atoms with van der Waals surface area (Å²) in [5.41, 5.74) is 2.56. The first kappa shape index (κ1) is 10.8. The number of H-pyrrole nitrogens is 1. The molecule has 15 heavy (non-hydrogen) atoms. The second kappa shape index (κ2) is 4.45. The topological polar surface area (TPSA) is 19.0 Å². The maximum Gasteiger partial charge on any atom is 0.106 e. The van der Waals surface area contributed by atoms with Crippen molar-refractivity contribution in [1.82, 2.24) is 9.88 Å². The van der Waals surface area contributed by atoms with E-state index in [0.29, 0.717) is 6.04 Å². The number of hydrogen-bond donors (Lipinski definition) is 1. The quantitative estimate of drug-likeness (QED) is 0.736. The van der Waals surface area contributed by atoms with Crippen LogP contribution < -0.4 is 0 Å². The van der Waals surface area contributed by atoms with Crippen molar-refractivity contribution >= 4 is 12.2 Å². The number of aromatic amines is 1. The molecule has 1 atom stereocenters. The third-order valence-corrected chi connectivity index (χ3v) is 3.71. The summed E-state index contributed by atoms with van der Waals surface area (Å²) in [7, 11) is 2.21. The average Bonchev–Trinajstić information content (AvgIpc) is 2.23. The molecule has 1 saturated heterocycles. The van der Waals surface area contributed by atoms with Crippen molar-refractivity contribution in [2.75, 3.05) is 13.6 Å². The Hall–Kier alpha value is -0.670. The van der Waals surface area contributed by atoms with Crippen molar-refractivity contribution in [3.63, 3.8) is 0 Å². The van der Waals surface area contributed by atoms with Gasteiger partial charge in [-0.15, -0.1) is 0 Å². The van der Waals surface area contributed by atoms with Crippen LogP contribution in [0.4, 0.5) is 0 Å². The summed E-state index contributed by atoms with van der Waals surface area (Å²) in [6, 6.07) is 2.80. The number of aromatic nitrogens is 1. The fourth-order valence-corrected chi connectivity index (χ4v) is 2.43. The first-order valence-electron chi connectivity index (χ1n) is 5.58. The Labute approximate surface area is 96.3 Å². The number of aryl methyl sites for hydroxylation is 1. The van der Waals surface area contributed by atoms with E-state index in [2.05, 4.69) is 36.1 Å². The molecule has 0 aliphatic carbocycles. The van der Waals surface area contributed by atoms with E-state index in [1.165, 1.54) is 36.9 Å². The van der Waals surface area contributed by atoms with Gasteiger partial charge in [-0.3, -0.25) is 4.90 Å². The summed E-state index contributed by atoms with van der Waals surface area (Å²) < 4.78 is 0.859. The number of pyridine rings is 1. The van der Waals surface area contributed by atoms with E-state index in [-0.39, 0.29) is 0 Å². The predicted molar refractivity (Wildman–Crippen MR) is 65.6 cm³/mol. The number of likely N-dealkylation sites (tertiary alicyclic amines) is 1. The van der Waals surface area contributed by atoms with Crippen molar-refractivity contribution in [1.29, 1.82) is 0 Å². The predicted octanol–water partition coefficient (Wildman–Crippen LogP) is 3.21. The molecule has 0 saturated carbocycles. The van der Waals surface area contributed by atoms with Gasteiger partial charge in [-0.1, -0.05) is 24.7 Å². The van der Waals surface area contributed by atoms with Crippen LogP contribution in [-0.4, -0.2) is 23.5 Å². The van der Waals surface area contributed by atoms with Crippen LogP contribution in [0, 0.1) is 11.6 Å². The van der Waals surface area contributed by atoms with Crippen molar-refractivity contribution in [3.05, 3.63) is 28.0 Å². The van der Waals surface area contributed by atoms with E-state index in [1.54, 1.807) is 0 Å². The molecule has 1 aliphatic heterocycles. The Morgan fingerprint density at radius 1 is 1.47 bits per heavy atom. The van der Waals surface area contributed by atoms with Crippen molar-refractivity contribution in [2.45, 2.75) is 32.2 Å². The van der Waals surface area contributed by atoms with Crippen LogP contribution >= 0.6 is 12.2 Å². The fraction of sp³-hybridized carbons (Fsp3) is 0.583. The molecule has 2 heterocycles. The number of hydrogen-bond acceptors (Lipinski definition) is 2. The van der Waals surface area contributed by atoms with Crippen LogP contribution in [0.25, 0.3) is 0 Å². The molecule has 0 unspecified atom stereocenters. The molecule has 2 rings (SSSR count). The molecule has 1 aromatic rings. The standard InChI is InChI=1S/C12H18N2S/c1-9-7-10(8-13-12(9)15)11-5-3-4-6-14(11)2/h7-8,11H,3-6H2,1-2H3,(H,13,15)/t11-/m1/s1. The Balaban J connectivity index is 2.28. The number of nitrogens with one attached hydrogen (secondary N) is 1. The smallest absolute Gasteiger partial charge is 0.106 e.